The first-order chi connectivity index (χ1) is 8.06. The Labute approximate surface area is 104 Å². The van der Waals surface area contributed by atoms with E-state index >= 15 is 0 Å². The summed E-state index contributed by atoms with van der Waals surface area (Å²) < 4.78 is 0. The van der Waals surface area contributed by atoms with E-state index in [-0.39, 0.29) is 0 Å². The van der Waals surface area contributed by atoms with E-state index < -0.39 is 11.2 Å². The van der Waals surface area contributed by atoms with E-state index in [1.807, 2.05) is 31.2 Å². The molecule has 0 saturated carbocycles. The molecule has 2 rings (SSSR count). The fourth-order valence-electron chi connectivity index (χ4n) is 1.52. The smallest absolute Gasteiger partial charge is 0.316 e. The number of carboxylic acid groups (broad SMARTS) is 1. The first kappa shape index (κ1) is 11.9. The van der Waals surface area contributed by atoms with Crippen LogP contribution in [0.4, 0.5) is 0 Å². The van der Waals surface area contributed by atoms with Crippen molar-refractivity contribution in [1.82, 2.24) is 4.98 Å². The number of aliphatic carboxylic acids is 1. The van der Waals surface area contributed by atoms with Gasteiger partial charge in [-0.05, 0) is 32.0 Å². The number of rotatable bonds is 3. The van der Waals surface area contributed by atoms with Gasteiger partial charge in [0.15, 0.2) is 0 Å². The molecule has 0 bridgehead atoms. The highest BCUT2D eigenvalue weighted by Crippen LogP contribution is 2.24. The second-order valence-electron chi connectivity index (χ2n) is 3.94. The minimum atomic E-state index is -0.819. The van der Waals surface area contributed by atoms with Gasteiger partial charge in [0.25, 0.3) is 0 Å². The average Bonchev–Trinajstić information content (AvgIpc) is 2.29. The van der Waals surface area contributed by atoms with Gasteiger partial charge in [0.2, 0.25) is 0 Å². The van der Waals surface area contributed by atoms with Gasteiger partial charge in [-0.15, -0.1) is 0 Å². The molecule has 0 saturated heterocycles. The lowest BCUT2D eigenvalue weighted by Crippen LogP contribution is -2.11. The van der Waals surface area contributed by atoms with Gasteiger partial charge in [-0.2, -0.15) is 0 Å². The van der Waals surface area contributed by atoms with Gasteiger partial charge in [0.05, 0.1) is 10.5 Å². The van der Waals surface area contributed by atoms with Crippen LogP contribution in [0.1, 0.15) is 12.5 Å². The number of carboxylic acids is 1. The molecule has 0 aliphatic rings. The fraction of sp³-hybridized carbons (Fsp3) is 0.231. The van der Waals surface area contributed by atoms with E-state index in [0.29, 0.717) is 0 Å². The Morgan fingerprint density at radius 2 is 2.12 bits per heavy atom. The number of pyridine rings is 1. The molecule has 1 unspecified atom stereocenters. The fourth-order valence-corrected chi connectivity index (χ4v) is 2.28. The van der Waals surface area contributed by atoms with E-state index in [1.165, 1.54) is 17.3 Å². The molecule has 0 fully saturated rings. The molecule has 1 aromatic carbocycles. The third kappa shape index (κ3) is 2.77. The average molecular weight is 247 g/mol. The lowest BCUT2D eigenvalue weighted by molar-refractivity contribution is -0.136. The van der Waals surface area contributed by atoms with Crippen LogP contribution in [0.15, 0.2) is 35.4 Å². The van der Waals surface area contributed by atoms with Crippen LogP contribution in [0.5, 0.6) is 0 Å². The number of carbonyl (C=O) groups is 1. The molecule has 0 aliphatic heterocycles. The monoisotopic (exact) mass is 247 g/mol. The minimum absolute atomic E-state index is 0.481. The van der Waals surface area contributed by atoms with E-state index in [2.05, 4.69) is 11.1 Å². The maximum Gasteiger partial charge on any atom is 0.316 e. The van der Waals surface area contributed by atoms with Crippen LogP contribution in [-0.4, -0.2) is 21.3 Å². The molecular weight excluding hydrogens is 234 g/mol. The molecule has 1 N–H and O–H groups in total. The van der Waals surface area contributed by atoms with Crippen LogP contribution >= 0.6 is 11.8 Å². The highest BCUT2D eigenvalue weighted by molar-refractivity contribution is 8.00. The number of thioether (sulfide) groups is 1. The number of fused-ring (bicyclic) bond motifs is 1. The standard InChI is InChI=1S/C13H13NO2S/c1-8-3-5-11-10(7-8)4-6-12(14-11)17-9(2)13(15)16/h3-7,9H,1-2H3,(H,15,16). The highest BCUT2D eigenvalue weighted by Gasteiger charge is 2.13. The lowest BCUT2D eigenvalue weighted by Gasteiger charge is -2.06. The Kier molecular flexibility index (Phi) is 3.33. The molecule has 2 aromatic rings. The molecule has 17 heavy (non-hydrogen) atoms. The number of aryl methyl sites for hydroxylation is 1. The first-order valence-electron chi connectivity index (χ1n) is 5.33. The van der Waals surface area contributed by atoms with Crippen molar-refractivity contribution in [2.24, 2.45) is 0 Å². The topological polar surface area (TPSA) is 50.2 Å². The van der Waals surface area contributed by atoms with Gasteiger partial charge in [0, 0.05) is 5.39 Å². The second-order valence-corrected chi connectivity index (χ2v) is 5.31. The summed E-state index contributed by atoms with van der Waals surface area (Å²) in [6.45, 7) is 3.70. The Bertz CT molecular complexity index is 568. The van der Waals surface area contributed by atoms with Crippen molar-refractivity contribution in [3.05, 3.63) is 35.9 Å². The second kappa shape index (κ2) is 4.75. The largest absolute Gasteiger partial charge is 0.480 e. The van der Waals surface area contributed by atoms with Crippen LogP contribution in [0, 0.1) is 6.92 Å². The van der Waals surface area contributed by atoms with Gasteiger partial charge in [-0.3, -0.25) is 4.79 Å². The van der Waals surface area contributed by atoms with E-state index in [9.17, 15) is 4.79 Å². The summed E-state index contributed by atoms with van der Waals surface area (Å²) >= 11 is 1.26. The van der Waals surface area contributed by atoms with Crippen molar-refractivity contribution >= 4 is 28.6 Å². The molecule has 0 aliphatic carbocycles. The number of hydrogen-bond acceptors (Lipinski definition) is 3. The van der Waals surface area contributed by atoms with Gasteiger partial charge < -0.3 is 5.11 Å². The Hall–Kier alpha value is -1.55. The van der Waals surface area contributed by atoms with Crippen LogP contribution in [0.2, 0.25) is 0 Å². The van der Waals surface area contributed by atoms with Gasteiger partial charge in [0.1, 0.15) is 5.25 Å². The molecule has 0 amide bonds. The van der Waals surface area contributed by atoms with Crippen LogP contribution in [-0.2, 0) is 4.79 Å². The Morgan fingerprint density at radius 3 is 2.82 bits per heavy atom. The van der Waals surface area contributed by atoms with Crippen molar-refractivity contribution in [1.29, 1.82) is 0 Å². The first-order valence-corrected chi connectivity index (χ1v) is 6.21. The van der Waals surface area contributed by atoms with Crippen molar-refractivity contribution in [3.63, 3.8) is 0 Å². The summed E-state index contributed by atoms with van der Waals surface area (Å²) in [5.74, 6) is -0.819. The molecule has 88 valence electrons. The molecular formula is C13H13NO2S. The number of aromatic nitrogens is 1. The summed E-state index contributed by atoms with van der Waals surface area (Å²) in [6, 6.07) is 9.88. The number of benzene rings is 1. The molecule has 1 heterocycles. The van der Waals surface area contributed by atoms with Gasteiger partial charge in [-0.1, -0.05) is 29.5 Å². The van der Waals surface area contributed by atoms with Crippen LogP contribution in [0.3, 0.4) is 0 Å². The summed E-state index contributed by atoms with van der Waals surface area (Å²) in [6.07, 6.45) is 0. The minimum Gasteiger partial charge on any atom is -0.480 e. The van der Waals surface area contributed by atoms with Crippen molar-refractivity contribution in [2.45, 2.75) is 24.1 Å². The normalized spacial score (nSPS) is 12.6. The third-order valence-electron chi connectivity index (χ3n) is 2.46. The van der Waals surface area contributed by atoms with E-state index in [0.717, 1.165) is 15.9 Å². The van der Waals surface area contributed by atoms with E-state index in [4.69, 9.17) is 5.11 Å². The summed E-state index contributed by atoms with van der Waals surface area (Å²) in [7, 11) is 0. The predicted octanol–water partition coefficient (Wildman–Crippen LogP) is 3.11. The highest BCUT2D eigenvalue weighted by atomic mass is 32.2. The zero-order valence-electron chi connectivity index (χ0n) is 9.68. The number of nitrogens with zero attached hydrogens (tertiary/aromatic N) is 1. The van der Waals surface area contributed by atoms with Crippen molar-refractivity contribution in [2.75, 3.05) is 0 Å². The van der Waals surface area contributed by atoms with Gasteiger partial charge in [-0.25, -0.2) is 4.98 Å². The maximum atomic E-state index is 10.8. The summed E-state index contributed by atoms with van der Waals surface area (Å²) in [5, 5.41) is 10.2. The lowest BCUT2D eigenvalue weighted by atomic mass is 10.1. The zero-order chi connectivity index (χ0) is 12.4. The molecule has 0 spiro atoms. The summed E-state index contributed by atoms with van der Waals surface area (Å²) in [4.78, 5) is 15.2. The molecule has 0 radical (unpaired) electrons. The molecule has 1 atom stereocenters. The van der Waals surface area contributed by atoms with Crippen molar-refractivity contribution < 1.29 is 9.90 Å². The van der Waals surface area contributed by atoms with E-state index in [1.54, 1.807) is 6.92 Å². The maximum absolute atomic E-state index is 10.8. The predicted molar refractivity (Wildman–Crippen MR) is 69.4 cm³/mol. The van der Waals surface area contributed by atoms with Gasteiger partial charge >= 0.3 is 5.97 Å². The van der Waals surface area contributed by atoms with Crippen LogP contribution < -0.4 is 0 Å². The van der Waals surface area contributed by atoms with Crippen LogP contribution in [0.25, 0.3) is 10.9 Å². The Balaban J connectivity index is 2.32. The Morgan fingerprint density at radius 1 is 1.35 bits per heavy atom. The zero-order valence-corrected chi connectivity index (χ0v) is 10.5. The molecule has 1 aromatic heterocycles. The number of hydrogen-bond donors (Lipinski definition) is 1. The molecule has 4 heteroatoms. The SMILES string of the molecule is Cc1ccc2nc(SC(C)C(=O)O)ccc2c1. The quantitative estimate of drug-likeness (QED) is 0.847. The third-order valence-corrected chi connectivity index (χ3v) is 3.49. The van der Waals surface area contributed by atoms with Crippen molar-refractivity contribution in [3.8, 4) is 0 Å². The molecule has 3 nitrogen and oxygen atoms in total. The summed E-state index contributed by atoms with van der Waals surface area (Å²) in [5.41, 5.74) is 2.09.